The molecule has 5 nitrogen and oxygen atoms in total. The Morgan fingerprint density at radius 1 is 1.28 bits per heavy atom. The second kappa shape index (κ2) is 8.20. The number of hydrogen-bond acceptors (Lipinski definition) is 5. The van der Waals surface area contributed by atoms with Crippen LogP contribution in [0.1, 0.15) is 23.4 Å². The minimum absolute atomic E-state index is 0.129. The smallest absolute Gasteiger partial charge is 0.337 e. The summed E-state index contributed by atoms with van der Waals surface area (Å²) in [4.78, 5) is 7.76. The summed E-state index contributed by atoms with van der Waals surface area (Å²) in [7, 11) is 0. The summed E-state index contributed by atoms with van der Waals surface area (Å²) in [5.41, 5.74) is 3.32. The molecule has 1 aromatic carbocycles. The lowest BCUT2D eigenvalue weighted by Crippen LogP contribution is -2.63. The molecule has 1 fully saturated rings. The number of benzene rings is 1. The molecule has 1 aliphatic heterocycles. The van der Waals surface area contributed by atoms with Gasteiger partial charge in [0.05, 0.1) is 23.0 Å². The summed E-state index contributed by atoms with van der Waals surface area (Å²) in [6.07, 6.45) is -7.02. The maximum Gasteiger partial charge on any atom is 0.414 e. The van der Waals surface area contributed by atoms with Crippen molar-refractivity contribution in [2.45, 2.75) is 30.6 Å². The van der Waals surface area contributed by atoms with Gasteiger partial charge in [0.2, 0.25) is 5.82 Å². The number of alkyl halides is 4. The van der Waals surface area contributed by atoms with Crippen LogP contribution in [0.3, 0.4) is 0 Å². The summed E-state index contributed by atoms with van der Waals surface area (Å²) in [5.74, 6) is 4.50. The number of rotatable bonds is 2. The molecule has 2 heterocycles. The summed E-state index contributed by atoms with van der Waals surface area (Å²) in [6.45, 7) is -1.34. The van der Waals surface area contributed by atoms with E-state index in [0.29, 0.717) is 5.02 Å². The van der Waals surface area contributed by atoms with Crippen LogP contribution in [0.15, 0.2) is 30.6 Å². The fourth-order valence-electron chi connectivity index (χ4n) is 2.93. The summed E-state index contributed by atoms with van der Waals surface area (Å²) < 4.78 is 72.5. The third-order valence-electron chi connectivity index (χ3n) is 4.28. The van der Waals surface area contributed by atoms with Gasteiger partial charge in [-0.15, -0.1) is 0 Å². The summed E-state index contributed by atoms with van der Waals surface area (Å²) in [6, 6.07) is 3.45. The monoisotopic (exact) mass is 432 g/mol. The van der Waals surface area contributed by atoms with Crippen LogP contribution in [0, 0.1) is 17.7 Å². The molecule has 11 heteroatoms. The molecule has 1 aliphatic rings. The van der Waals surface area contributed by atoms with E-state index in [2.05, 4.69) is 31.9 Å². The van der Waals surface area contributed by atoms with Crippen molar-refractivity contribution >= 4 is 11.6 Å². The van der Waals surface area contributed by atoms with Crippen molar-refractivity contribution in [3.63, 3.8) is 0 Å². The lowest BCUT2D eigenvalue weighted by molar-refractivity contribution is -0.262. The maximum absolute atomic E-state index is 14.5. The van der Waals surface area contributed by atoms with E-state index in [-0.39, 0.29) is 17.0 Å². The Balaban J connectivity index is 1.98. The first-order valence-corrected chi connectivity index (χ1v) is 8.62. The quantitative estimate of drug-likeness (QED) is 0.564. The first-order chi connectivity index (χ1) is 13.6. The predicted octanol–water partition coefficient (Wildman–Crippen LogP) is 3.02. The highest BCUT2D eigenvalue weighted by atomic mass is 35.5. The SMILES string of the molecule is NC1N[C@](CF)(c2cc(C#Cc3ncc(Cl)cn3)ccc2F)C[C@@H](C(F)(F)F)O1. The second-order valence-electron chi connectivity index (χ2n) is 6.32. The zero-order chi connectivity index (χ0) is 21.2. The molecule has 0 bridgehead atoms. The Kier molecular flexibility index (Phi) is 6.05. The van der Waals surface area contributed by atoms with E-state index in [4.69, 9.17) is 17.3 Å². The highest BCUT2D eigenvalue weighted by Crippen LogP contribution is 2.39. The molecular formula is C18H14ClF5N4O. The maximum atomic E-state index is 14.5. The number of ether oxygens (including phenoxy) is 1. The van der Waals surface area contributed by atoms with E-state index in [1.54, 1.807) is 0 Å². The normalized spacial score (nSPS) is 24.7. The van der Waals surface area contributed by atoms with Gasteiger partial charge < -0.3 is 4.74 Å². The number of aromatic nitrogens is 2. The molecular weight excluding hydrogens is 419 g/mol. The molecule has 1 saturated heterocycles. The Labute approximate surface area is 167 Å². The Bertz CT molecular complexity index is 944. The van der Waals surface area contributed by atoms with Crippen LogP contribution < -0.4 is 11.1 Å². The van der Waals surface area contributed by atoms with Gasteiger partial charge in [-0.05, 0) is 24.1 Å². The van der Waals surface area contributed by atoms with Gasteiger partial charge in [0.1, 0.15) is 12.5 Å². The topological polar surface area (TPSA) is 73.1 Å². The molecule has 154 valence electrons. The number of nitrogens with one attached hydrogen (secondary N) is 1. The van der Waals surface area contributed by atoms with Crippen molar-refractivity contribution in [3.05, 3.63) is 58.4 Å². The highest BCUT2D eigenvalue weighted by Gasteiger charge is 2.52. The first kappa shape index (κ1) is 21.4. The molecule has 0 aliphatic carbocycles. The molecule has 0 spiro atoms. The van der Waals surface area contributed by atoms with Crippen molar-refractivity contribution in [1.82, 2.24) is 15.3 Å². The van der Waals surface area contributed by atoms with Crippen LogP contribution in [0.25, 0.3) is 0 Å². The van der Waals surface area contributed by atoms with Gasteiger partial charge in [-0.2, -0.15) is 13.2 Å². The van der Waals surface area contributed by atoms with Crippen molar-refractivity contribution in [2.24, 2.45) is 5.73 Å². The van der Waals surface area contributed by atoms with E-state index < -0.39 is 43.1 Å². The van der Waals surface area contributed by atoms with Gasteiger partial charge in [-0.3, -0.25) is 11.1 Å². The second-order valence-corrected chi connectivity index (χ2v) is 6.76. The van der Waals surface area contributed by atoms with Gasteiger partial charge in [-0.1, -0.05) is 17.5 Å². The summed E-state index contributed by atoms with van der Waals surface area (Å²) in [5, 5.41) is 2.71. The first-order valence-electron chi connectivity index (χ1n) is 8.24. The molecule has 29 heavy (non-hydrogen) atoms. The molecule has 2 aromatic rings. The van der Waals surface area contributed by atoms with Gasteiger partial charge in [-0.25, -0.2) is 18.7 Å². The average molecular weight is 433 g/mol. The van der Waals surface area contributed by atoms with Crippen LogP contribution in [-0.4, -0.2) is 35.3 Å². The lowest BCUT2D eigenvalue weighted by Gasteiger charge is -2.43. The molecule has 0 saturated carbocycles. The van der Waals surface area contributed by atoms with Crippen LogP contribution in [-0.2, 0) is 10.3 Å². The molecule has 3 rings (SSSR count). The van der Waals surface area contributed by atoms with Crippen LogP contribution in [0.4, 0.5) is 22.0 Å². The van der Waals surface area contributed by atoms with Gasteiger partial charge in [0, 0.05) is 17.5 Å². The third-order valence-corrected chi connectivity index (χ3v) is 4.47. The van der Waals surface area contributed by atoms with Crippen molar-refractivity contribution in [1.29, 1.82) is 0 Å². The van der Waals surface area contributed by atoms with Crippen LogP contribution in [0.5, 0.6) is 0 Å². The lowest BCUT2D eigenvalue weighted by atomic mass is 9.83. The van der Waals surface area contributed by atoms with Gasteiger partial charge in [0.25, 0.3) is 0 Å². The van der Waals surface area contributed by atoms with E-state index in [1.807, 2.05) is 0 Å². The van der Waals surface area contributed by atoms with E-state index in [0.717, 1.165) is 12.1 Å². The fraction of sp³-hybridized carbons (Fsp3) is 0.333. The molecule has 0 radical (unpaired) electrons. The number of halogens is 6. The van der Waals surface area contributed by atoms with E-state index in [1.165, 1.54) is 18.5 Å². The Morgan fingerprint density at radius 3 is 2.59 bits per heavy atom. The Morgan fingerprint density at radius 2 is 1.97 bits per heavy atom. The highest BCUT2D eigenvalue weighted by molar-refractivity contribution is 6.30. The largest absolute Gasteiger partial charge is 0.414 e. The van der Waals surface area contributed by atoms with Crippen LogP contribution in [0.2, 0.25) is 5.02 Å². The van der Waals surface area contributed by atoms with Crippen molar-refractivity contribution < 1.29 is 26.7 Å². The Hall–Kier alpha value is -2.32. The standard InChI is InChI=1S/C18H14ClF5N4O/c19-11-7-26-15(27-8-11)4-2-10-1-3-13(21)12(5-10)17(9-20)6-14(18(22,23)24)29-16(25)28-17/h1,3,5,7-8,14,16,28H,6,9,25H2/t14-,16?,17+/m0/s1. The minimum atomic E-state index is -4.79. The van der Waals surface area contributed by atoms with E-state index in [9.17, 15) is 22.0 Å². The average Bonchev–Trinajstić information content (AvgIpc) is 2.67. The van der Waals surface area contributed by atoms with Crippen molar-refractivity contribution in [2.75, 3.05) is 6.67 Å². The number of hydrogen-bond donors (Lipinski definition) is 2. The number of nitrogens with zero attached hydrogens (tertiary/aromatic N) is 2. The van der Waals surface area contributed by atoms with Gasteiger partial charge >= 0.3 is 6.18 Å². The molecule has 1 unspecified atom stereocenters. The van der Waals surface area contributed by atoms with Crippen molar-refractivity contribution in [3.8, 4) is 11.8 Å². The minimum Gasteiger partial charge on any atom is -0.337 e. The molecule has 1 aromatic heterocycles. The zero-order valence-electron chi connectivity index (χ0n) is 14.6. The predicted molar refractivity (Wildman–Crippen MR) is 93.7 cm³/mol. The zero-order valence-corrected chi connectivity index (χ0v) is 15.4. The molecule has 3 atom stereocenters. The van der Waals surface area contributed by atoms with Crippen LogP contribution >= 0.6 is 11.6 Å². The summed E-state index contributed by atoms with van der Waals surface area (Å²) >= 11 is 5.68. The van der Waals surface area contributed by atoms with Gasteiger partial charge in [0.15, 0.2) is 12.5 Å². The third kappa shape index (κ3) is 4.82. The molecule has 3 N–H and O–H groups in total. The fourth-order valence-corrected chi connectivity index (χ4v) is 3.02. The van der Waals surface area contributed by atoms with E-state index >= 15 is 0 Å². The number of nitrogens with two attached hydrogens (primary N) is 1. The molecule has 0 amide bonds.